The second kappa shape index (κ2) is 9.92. The van der Waals surface area contributed by atoms with Gasteiger partial charge in [-0.1, -0.05) is 117 Å². The first-order chi connectivity index (χ1) is 24.6. The van der Waals surface area contributed by atoms with Crippen molar-refractivity contribution >= 4 is 59.3 Å². The average Bonchev–Trinajstić information content (AvgIpc) is 3.66. The normalized spacial score (nSPS) is 15.2. The molecule has 0 spiro atoms. The zero-order chi connectivity index (χ0) is 35.3. The topological polar surface area (TPSA) is 3.24 Å². The van der Waals surface area contributed by atoms with Crippen LogP contribution in [0.3, 0.4) is 0 Å². The maximum Gasteiger partial charge on any atom is 0.0638 e. The van der Waals surface area contributed by atoms with Crippen LogP contribution < -0.4 is 4.90 Å². The minimum Gasteiger partial charge on any atom is -0.310 e. The molecule has 1 nitrogen and oxygen atoms in total. The van der Waals surface area contributed by atoms with E-state index in [0.29, 0.717) is 15.5 Å². The summed E-state index contributed by atoms with van der Waals surface area (Å²) in [5.74, 6) is 0. The molecule has 8 aromatic rings. The lowest BCUT2D eigenvalue weighted by Gasteiger charge is -2.28. The highest BCUT2D eigenvalue weighted by atomic mass is 32.1. The van der Waals surface area contributed by atoms with E-state index in [-0.39, 0.29) is 36.3 Å². The second-order valence-corrected chi connectivity index (χ2v) is 13.2. The Morgan fingerprint density at radius 3 is 2.13 bits per heavy atom. The van der Waals surface area contributed by atoms with E-state index < -0.39 is 5.41 Å². The van der Waals surface area contributed by atoms with Gasteiger partial charge in [0.1, 0.15) is 0 Å². The first kappa shape index (κ1) is 20.7. The van der Waals surface area contributed by atoms with Crippen LogP contribution in [0.2, 0.25) is 0 Å². The summed E-state index contributed by atoms with van der Waals surface area (Å²) in [7, 11) is 0. The number of fused-ring (bicyclic) bond motifs is 8. The number of para-hydroxylation sites is 1. The van der Waals surface area contributed by atoms with Crippen LogP contribution in [0, 0.1) is 0 Å². The molecule has 0 radical (unpaired) electrons. The lowest BCUT2D eigenvalue weighted by molar-refractivity contribution is 0.661. The monoisotopic (exact) mass is 599 g/mol. The highest BCUT2D eigenvalue weighted by molar-refractivity contribution is 7.26. The molecular weight excluding hydrogens is 563 g/mol. The fourth-order valence-corrected chi connectivity index (χ4v) is 8.01. The Kier molecular flexibility index (Phi) is 4.57. The van der Waals surface area contributed by atoms with Crippen molar-refractivity contribution in [3.8, 4) is 22.3 Å². The van der Waals surface area contributed by atoms with Gasteiger partial charge in [-0.15, -0.1) is 11.3 Å². The summed E-state index contributed by atoms with van der Waals surface area (Å²) in [5, 5.41) is 3.17. The van der Waals surface area contributed by atoms with Gasteiger partial charge in [-0.3, -0.25) is 0 Å². The van der Waals surface area contributed by atoms with Crippen LogP contribution in [0.4, 0.5) is 17.1 Å². The molecule has 214 valence electrons. The molecule has 45 heavy (non-hydrogen) atoms. The van der Waals surface area contributed by atoms with Crippen molar-refractivity contribution < 1.29 is 8.22 Å². The summed E-state index contributed by atoms with van der Waals surface area (Å²) in [6.07, 6.45) is 0. The van der Waals surface area contributed by atoms with E-state index in [4.69, 9.17) is 6.85 Å². The zero-order valence-corrected chi connectivity index (χ0v) is 25.6. The fraction of sp³-hybridized carbons (Fsp3) is 0.0698. The smallest absolute Gasteiger partial charge is 0.0638 e. The minimum atomic E-state index is -0.616. The van der Waals surface area contributed by atoms with Crippen molar-refractivity contribution in [2.24, 2.45) is 0 Å². The molecule has 0 fully saturated rings. The van der Waals surface area contributed by atoms with E-state index in [1.807, 2.05) is 18.2 Å². The number of rotatable bonds is 4. The fourth-order valence-electron chi connectivity index (χ4n) is 6.88. The maximum atomic E-state index is 9.28. The van der Waals surface area contributed by atoms with Crippen molar-refractivity contribution in [3.05, 3.63) is 163 Å². The number of thiophene rings is 1. The molecule has 0 aliphatic heterocycles. The van der Waals surface area contributed by atoms with Gasteiger partial charge in [0.2, 0.25) is 0 Å². The molecule has 1 aliphatic rings. The first-order valence-electron chi connectivity index (χ1n) is 18.1. The van der Waals surface area contributed by atoms with Crippen LogP contribution in [0.5, 0.6) is 0 Å². The Morgan fingerprint density at radius 1 is 0.578 bits per heavy atom. The predicted octanol–water partition coefficient (Wildman–Crippen LogP) is 12.7. The van der Waals surface area contributed by atoms with E-state index in [1.54, 1.807) is 0 Å². The van der Waals surface area contributed by atoms with Gasteiger partial charge in [0.05, 0.1) is 8.22 Å². The van der Waals surface area contributed by atoms with Crippen LogP contribution in [0.1, 0.15) is 33.2 Å². The molecule has 0 saturated heterocycles. The van der Waals surface area contributed by atoms with Gasteiger partial charge < -0.3 is 4.90 Å². The van der Waals surface area contributed by atoms with Crippen LogP contribution >= 0.6 is 11.3 Å². The number of hydrogen-bond donors (Lipinski definition) is 0. The standard InChI is InChI=1S/C43H31NS/c1-43(2)38-25-24-36-35-14-8-9-15-40(35)45-42(36)41(38)37-23-22-34(27-39(37)43)44(32-12-4-3-5-13-32)33-20-18-29(19-21-33)31-17-16-28-10-6-7-11-30(28)26-31/h3-27H,1-2H3/i8D,9D,14D,15D,24D,25D. The minimum absolute atomic E-state index is 0.00134. The summed E-state index contributed by atoms with van der Waals surface area (Å²) in [6.45, 7) is 4.19. The van der Waals surface area contributed by atoms with Gasteiger partial charge in [-0.05, 0) is 87.1 Å². The molecule has 0 bridgehead atoms. The van der Waals surface area contributed by atoms with E-state index >= 15 is 0 Å². The number of benzene rings is 7. The van der Waals surface area contributed by atoms with E-state index in [0.717, 1.165) is 55.1 Å². The van der Waals surface area contributed by atoms with Gasteiger partial charge in [0, 0.05) is 48.2 Å². The molecule has 9 rings (SSSR count). The summed E-state index contributed by atoms with van der Waals surface area (Å²) in [6, 6.07) is 39.4. The van der Waals surface area contributed by atoms with Crippen molar-refractivity contribution in [2.45, 2.75) is 19.3 Å². The maximum absolute atomic E-state index is 9.28. The van der Waals surface area contributed by atoms with Crippen LogP contribution in [-0.2, 0) is 5.41 Å². The van der Waals surface area contributed by atoms with Crippen molar-refractivity contribution in [1.82, 2.24) is 0 Å². The quantitative estimate of drug-likeness (QED) is 0.194. The van der Waals surface area contributed by atoms with Gasteiger partial charge in [0.25, 0.3) is 0 Å². The van der Waals surface area contributed by atoms with Gasteiger partial charge in [-0.25, -0.2) is 0 Å². The first-order valence-corrected chi connectivity index (χ1v) is 15.9. The lowest BCUT2D eigenvalue weighted by Crippen LogP contribution is -2.16. The zero-order valence-electron chi connectivity index (χ0n) is 30.8. The highest BCUT2D eigenvalue weighted by Gasteiger charge is 2.37. The molecule has 0 saturated carbocycles. The van der Waals surface area contributed by atoms with E-state index in [9.17, 15) is 1.37 Å². The van der Waals surface area contributed by atoms with E-state index in [1.165, 1.54) is 22.1 Å². The van der Waals surface area contributed by atoms with Gasteiger partial charge in [-0.2, -0.15) is 0 Å². The van der Waals surface area contributed by atoms with Crippen molar-refractivity contribution in [2.75, 3.05) is 4.90 Å². The summed E-state index contributed by atoms with van der Waals surface area (Å²) in [4.78, 5) is 2.24. The molecule has 7 aromatic carbocycles. The number of nitrogens with zero attached hydrogens (tertiary/aromatic N) is 1. The highest BCUT2D eigenvalue weighted by Crippen LogP contribution is 2.55. The summed E-state index contributed by atoms with van der Waals surface area (Å²) in [5.41, 5.74) is 8.23. The summed E-state index contributed by atoms with van der Waals surface area (Å²) >= 11 is 1.30. The van der Waals surface area contributed by atoms with E-state index in [2.05, 4.69) is 116 Å². The molecule has 1 heterocycles. The Hall–Kier alpha value is -5.18. The SMILES string of the molecule is [2H]c1c([2H])c([2H])c2c(sc3c4c(c([2H])c([2H])c32)C(C)(C)c2cc(N(c3ccccc3)c3ccc(-c5ccc6ccccc6c5)cc3)ccc2-4)c1[2H]. The Labute approximate surface area is 276 Å². The van der Waals surface area contributed by atoms with Crippen LogP contribution in [-0.4, -0.2) is 0 Å². The third-order valence-corrected chi connectivity index (χ3v) is 10.3. The third-order valence-electron chi connectivity index (χ3n) is 9.18. The average molecular weight is 600 g/mol. The Balaban J connectivity index is 1.21. The lowest BCUT2D eigenvalue weighted by atomic mass is 9.82. The molecule has 0 N–H and O–H groups in total. The second-order valence-electron chi connectivity index (χ2n) is 12.1. The molecule has 2 heteroatoms. The van der Waals surface area contributed by atoms with Crippen LogP contribution in [0.15, 0.2) is 152 Å². The van der Waals surface area contributed by atoms with Crippen molar-refractivity contribution in [1.29, 1.82) is 0 Å². The molecule has 1 aliphatic carbocycles. The van der Waals surface area contributed by atoms with Gasteiger partial charge >= 0.3 is 0 Å². The predicted molar refractivity (Wildman–Crippen MR) is 195 cm³/mol. The molecule has 0 atom stereocenters. The third kappa shape index (κ3) is 4.06. The Bertz CT molecular complexity index is 2730. The Morgan fingerprint density at radius 2 is 1.29 bits per heavy atom. The number of anilines is 3. The molecular formula is C43H31NS. The van der Waals surface area contributed by atoms with Crippen molar-refractivity contribution in [3.63, 3.8) is 0 Å². The summed E-state index contributed by atoms with van der Waals surface area (Å²) < 4.78 is 53.5. The van der Waals surface area contributed by atoms with Crippen LogP contribution in [0.25, 0.3) is 53.2 Å². The largest absolute Gasteiger partial charge is 0.310 e. The molecule has 0 unspecified atom stereocenters. The number of hydrogen-bond acceptors (Lipinski definition) is 2. The van der Waals surface area contributed by atoms with Gasteiger partial charge in [0.15, 0.2) is 0 Å². The molecule has 0 amide bonds. The molecule has 1 aromatic heterocycles.